The fourth-order valence-corrected chi connectivity index (χ4v) is 4.21. The van der Waals surface area contributed by atoms with Gasteiger partial charge in [-0.1, -0.05) is 13.8 Å². The van der Waals surface area contributed by atoms with Crippen LogP contribution in [0.4, 0.5) is 0 Å². The number of hydrogen-bond acceptors (Lipinski definition) is 6. The zero-order chi connectivity index (χ0) is 20.5. The third-order valence-electron chi connectivity index (χ3n) is 4.56. The van der Waals surface area contributed by atoms with E-state index in [1.165, 1.54) is 0 Å². The van der Waals surface area contributed by atoms with Crippen LogP contribution in [-0.2, 0) is 0 Å². The molecule has 3 aromatic rings. The molecule has 1 aromatic heterocycles. The minimum absolute atomic E-state index is 0.0566. The van der Waals surface area contributed by atoms with Crippen LogP contribution in [0.2, 0.25) is 0 Å². The normalized spacial score (nSPS) is 11.2. The summed E-state index contributed by atoms with van der Waals surface area (Å²) in [5.74, 6) is 1.58. The van der Waals surface area contributed by atoms with Gasteiger partial charge in [0.1, 0.15) is 24.7 Å². The number of fused-ring (bicyclic) bond motifs is 2. The molecule has 0 atom stereocenters. The van der Waals surface area contributed by atoms with Crippen molar-refractivity contribution in [2.75, 3.05) is 39.4 Å². The predicted molar refractivity (Wildman–Crippen MR) is 123 cm³/mol. The minimum Gasteiger partial charge on any atom is -0.492 e. The van der Waals surface area contributed by atoms with Crippen LogP contribution in [0, 0.1) is 0 Å². The Labute approximate surface area is 176 Å². The summed E-state index contributed by atoms with van der Waals surface area (Å²) in [6.07, 6.45) is 2.22. The van der Waals surface area contributed by atoms with Crippen molar-refractivity contribution in [3.05, 3.63) is 46.6 Å². The average Bonchev–Trinajstić information content (AvgIpc) is 2.73. The van der Waals surface area contributed by atoms with Crippen molar-refractivity contribution in [2.24, 2.45) is 0 Å². The number of benzene rings is 2. The van der Waals surface area contributed by atoms with E-state index >= 15 is 0 Å². The van der Waals surface area contributed by atoms with E-state index in [-0.39, 0.29) is 5.43 Å². The van der Waals surface area contributed by atoms with E-state index < -0.39 is 0 Å². The van der Waals surface area contributed by atoms with Crippen LogP contribution in [0.25, 0.3) is 20.2 Å². The minimum atomic E-state index is 0.0566. The highest BCUT2D eigenvalue weighted by molar-refractivity contribution is 7.24. The second kappa shape index (κ2) is 11.1. The maximum Gasteiger partial charge on any atom is 0.195 e. The highest BCUT2D eigenvalue weighted by atomic mass is 32.1. The van der Waals surface area contributed by atoms with E-state index in [1.807, 2.05) is 36.4 Å². The highest BCUT2D eigenvalue weighted by Gasteiger charge is 2.08. The van der Waals surface area contributed by atoms with Crippen LogP contribution >= 0.6 is 11.3 Å². The maximum atomic E-state index is 12.9. The van der Waals surface area contributed by atoms with Gasteiger partial charge in [0.05, 0.1) is 0 Å². The maximum absolute atomic E-state index is 12.9. The molecule has 6 heteroatoms. The van der Waals surface area contributed by atoms with Crippen LogP contribution < -0.4 is 25.5 Å². The molecule has 0 saturated carbocycles. The summed E-state index contributed by atoms with van der Waals surface area (Å²) < 4.78 is 13.5. The van der Waals surface area contributed by atoms with Crippen LogP contribution in [-0.4, -0.2) is 39.4 Å². The molecule has 0 bridgehead atoms. The van der Waals surface area contributed by atoms with Gasteiger partial charge in [0.25, 0.3) is 0 Å². The van der Waals surface area contributed by atoms with Gasteiger partial charge in [-0.3, -0.25) is 4.79 Å². The third kappa shape index (κ3) is 5.92. The molecule has 0 aliphatic heterocycles. The Morgan fingerprint density at radius 2 is 1.24 bits per heavy atom. The van der Waals surface area contributed by atoms with Crippen molar-refractivity contribution >= 4 is 31.5 Å². The first-order valence-corrected chi connectivity index (χ1v) is 11.2. The zero-order valence-electron chi connectivity index (χ0n) is 17.3. The molecule has 3 rings (SSSR count). The van der Waals surface area contributed by atoms with E-state index in [0.717, 1.165) is 70.7 Å². The first kappa shape index (κ1) is 21.6. The molecule has 0 radical (unpaired) electrons. The lowest BCUT2D eigenvalue weighted by Gasteiger charge is -2.09. The summed E-state index contributed by atoms with van der Waals surface area (Å²) in [5, 5.41) is 8.10. The second-order valence-electron chi connectivity index (χ2n) is 6.94. The van der Waals surface area contributed by atoms with E-state index in [2.05, 4.69) is 24.5 Å². The molecule has 2 N–H and O–H groups in total. The van der Waals surface area contributed by atoms with Crippen LogP contribution in [0.15, 0.2) is 41.2 Å². The molecule has 0 fully saturated rings. The smallest absolute Gasteiger partial charge is 0.195 e. The van der Waals surface area contributed by atoms with E-state index in [4.69, 9.17) is 9.47 Å². The quantitative estimate of drug-likeness (QED) is 0.344. The van der Waals surface area contributed by atoms with Gasteiger partial charge in [0, 0.05) is 33.3 Å². The Balaban J connectivity index is 1.75. The fraction of sp³-hybridized carbons (Fsp3) is 0.435. The van der Waals surface area contributed by atoms with Crippen molar-refractivity contribution in [1.82, 2.24) is 10.6 Å². The predicted octanol–water partition coefficient (Wildman–Crippen LogP) is 4.17. The Morgan fingerprint density at radius 1 is 0.759 bits per heavy atom. The molecule has 0 amide bonds. The first-order valence-electron chi connectivity index (χ1n) is 10.4. The van der Waals surface area contributed by atoms with Crippen molar-refractivity contribution in [1.29, 1.82) is 0 Å². The van der Waals surface area contributed by atoms with Crippen molar-refractivity contribution in [3.63, 3.8) is 0 Å². The van der Waals surface area contributed by atoms with Gasteiger partial charge in [-0.25, -0.2) is 0 Å². The molecule has 0 unspecified atom stereocenters. The highest BCUT2D eigenvalue weighted by Crippen LogP contribution is 2.30. The third-order valence-corrected chi connectivity index (χ3v) is 5.68. The standard InChI is InChI=1S/C23H30N2O3S/c1-3-9-24-11-13-27-17-5-7-19-21(15-17)29-22-16-18(6-8-20(22)23(19)26)28-14-12-25-10-4-2/h5-8,15-16,24-25H,3-4,9-14H2,1-2H3. The molecular weight excluding hydrogens is 384 g/mol. The van der Waals surface area contributed by atoms with E-state index in [0.29, 0.717) is 13.2 Å². The van der Waals surface area contributed by atoms with Gasteiger partial charge >= 0.3 is 0 Å². The average molecular weight is 415 g/mol. The number of rotatable bonds is 12. The Morgan fingerprint density at radius 3 is 1.69 bits per heavy atom. The molecule has 0 aliphatic carbocycles. The van der Waals surface area contributed by atoms with Crippen molar-refractivity contribution in [3.8, 4) is 11.5 Å². The van der Waals surface area contributed by atoms with Gasteiger partial charge < -0.3 is 20.1 Å². The first-order chi connectivity index (χ1) is 14.2. The monoisotopic (exact) mass is 414 g/mol. The summed E-state index contributed by atoms with van der Waals surface area (Å²) in [6, 6.07) is 11.4. The fourth-order valence-electron chi connectivity index (χ4n) is 3.08. The van der Waals surface area contributed by atoms with E-state index in [9.17, 15) is 4.79 Å². The molecule has 156 valence electrons. The lowest BCUT2D eigenvalue weighted by Crippen LogP contribution is -2.21. The summed E-state index contributed by atoms with van der Waals surface area (Å²) in [6.45, 7) is 9.12. The molecule has 29 heavy (non-hydrogen) atoms. The molecule has 0 aliphatic rings. The topological polar surface area (TPSA) is 59.6 Å². The Hall–Kier alpha value is -2.15. The van der Waals surface area contributed by atoms with Gasteiger partial charge in [-0.2, -0.15) is 0 Å². The molecular formula is C23H30N2O3S. The van der Waals surface area contributed by atoms with Crippen LogP contribution in [0.3, 0.4) is 0 Å². The molecule has 0 saturated heterocycles. The summed E-state index contributed by atoms with van der Waals surface area (Å²) in [5.41, 5.74) is 0.0566. The SMILES string of the molecule is CCCNCCOc1ccc2c(=O)c3ccc(OCCNCCC)cc3sc2c1. The second-order valence-corrected chi connectivity index (χ2v) is 8.03. The summed E-state index contributed by atoms with van der Waals surface area (Å²) in [7, 11) is 0. The van der Waals surface area contributed by atoms with Crippen molar-refractivity contribution in [2.45, 2.75) is 26.7 Å². The van der Waals surface area contributed by atoms with Crippen LogP contribution in [0.1, 0.15) is 26.7 Å². The van der Waals surface area contributed by atoms with Gasteiger partial charge in [0.15, 0.2) is 5.43 Å². The summed E-state index contributed by atoms with van der Waals surface area (Å²) in [4.78, 5) is 12.9. The lowest BCUT2D eigenvalue weighted by molar-refractivity contribution is 0.314. The molecule has 0 spiro atoms. The van der Waals surface area contributed by atoms with Gasteiger partial charge in [0.2, 0.25) is 0 Å². The Kier molecular flexibility index (Phi) is 8.28. The molecule has 5 nitrogen and oxygen atoms in total. The lowest BCUT2D eigenvalue weighted by atomic mass is 10.2. The number of ether oxygens (including phenoxy) is 2. The molecule has 1 heterocycles. The molecule has 2 aromatic carbocycles. The Bertz CT molecular complexity index is 912. The summed E-state index contributed by atoms with van der Waals surface area (Å²) >= 11 is 1.60. The van der Waals surface area contributed by atoms with E-state index in [1.54, 1.807) is 11.3 Å². The number of hydrogen-bond donors (Lipinski definition) is 2. The largest absolute Gasteiger partial charge is 0.492 e. The van der Waals surface area contributed by atoms with Gasteiger partial charge in [-0.15, -0.1) is 11.3 Å². The van der Waals surface area contributed by atoms with Crippen molar-refractivity contribution < 1.29 is 9.47 Å². The van der Waals surface area contributed by atoms with Gasteiger partial charge in [-0.05, 0) is 62.3 Å². The zero-order valence-corrected chi connectivity index (χ0v) is 18.1. The number of nitrogens with one attached hydrogen (secondary N) is 2. The van der Waals surface area contributed by atoms with Crippen LogP contribution in [0.5, 0.6) is 11.5 Å².